The first-order valence-corrected chi connectivity index (χ1v) is 11.3. The number of carboxylic acids is 1. The zero-order valence-electron chi connectivity index (χ0n) is 17.6. The molecule has 5 aromatic rings. The number of benzene rings is 2. The van der Waals surface area contributed by atoms with Crippen LogP contribution in [0.2, 0.25) is 0 Å². The van der Waals surface area contributed by atoms with Gasteiger partial charge in [0, 0.05) is 11.8 Å². The van der Waals surface area contributed by atoms with Gasteiger partial charge in [-0.05, 0) is 49.4 Å². The number of rotatable bonds is 5. The first-order valence-electron chi connectivity index (χ1n) is 9.90. The van der Waals surface area contributed by atoms with Crippen molar-refractivity contribution in [2.75, 3.05) is 7.11 Å². The highest BCUT2D eigenvalue weighted by Gasteiger charge is 2.25. The van der Waals surface area contributed by atoms with Crippen LogP contribution in [0.1, 0.15) is 16.2 Å². The molecule has 33 heavy (non-hydrogen) atoms. The minimum atomic E-state index is -3.93. The summed E-state index contributed by atoms with van der Waals surface area (Å²) >= 11 is 0. The molecule has 1 N–H and O–H groups in total. The summed E-state index contributed by atoms with van der Waals surface area (Å²) < 4.78 is 34.1. The lowest BCUT2D eigenvalue weighted by molar-refractivity contribution is 0.0683. The number of nitrogens with zero attached hydrogens (tertiary/aromatic N) is 4. The van der Waals surface area contributed by atoms with Crippen molar-refractivity contribution in [2.45, 2.75) is 11.8 Å². The molecule has 0 amide bonds. The number of carboxylic acid groups (broad SMARTS) is 1. The van der Waals surface area contributed by atoms with Crippen molar-refractivity contribution in [2.24, 2.45) is 0 Å². The van der Waals surface area contributed by atoms with E-state index >= 15 is 0 Å². The molecule has 0 aliphatic rings. The number of aryl methyl sites for hydroxylation is 1. The van der Waals surface area contributed by atoms with Crippen LogP contribution >= 0.6 is 0 Å². The second-order valence-corrected chi connectivity index (χ2v) is 9.25. The van der Waals surface area contributed by atoms with Crippen LogP contribution in [0.15, 0.2) is 71.9 Å². The van der Waals surface area contributed by atoms with Gasteiger partial charge in [0.2, 0.25) is 5.82 Å². The Balaban J connectivity index is 1.75. The first-order chi connectivity index (χ1) is 15.8. The van der Waals surface area contributed by atoms with E-state index in [2.05, 4.69) is 9.97 Å². The second-order valence-electron chi connectivity index (χ2n) is 7.44. The minimum Gasteiger partial charge on any atom is -0.497 e. The molecule has 0 aliphatic heterocycles. The third-order valence-corrected chi connectivity index (χ3v) is 7.08. The molecule has 0 radical (unpaired) electrons. The summed E-state index contributed by atoms with van der Waals surface area (Å²) in [5.41, 5.74) is 2.88. The number of hydrogen-bond donors (Lipinski definition) is 1. The van der Waals surface area contributed by atoms with Gasteiger partial charge < -0.3 is 9.84 Å². The number of carbonyl (C=O) groups is 1. The molecule has 0 bridgehead atoms. The first kappa shape index (κ1) is 20.7. The number of hydrogen-bond acceptors (Lipinski definition) is 6. The van der Waals surface area contributed by atoms with Crippen LogP contribution in [0.4, 0.5) is 0 Å². The van der Waals surface area contributed by atoms with Gasteiger partial charge in [0.15, 0.2) is 5.65 Å². The van der Waals surface area contributed by atoms with E-state index in [0.717, 1.165) is 9.54 Å². The largest absolute Gasteiger partial charge is 0.497 e. The average molecular weight is 462 g/mol. The normalized spacial score (nSPS) is 11.8. The van der Waals surface area contributed by atoms with E-state index in [-0.39, 0.29) is 16.4 Å². The zero-order chi connectivity index (χ0) is 23.3. The van der Waals surface area contributed by atoms with Crippen LogP contribution in [0.5, 0.6) is 5.75 Å². The lowest BCUT2D eigenvalue weighted by Crippen LogP contribution is -2.13. The van der Waals surface area contributed by atoms with Crippen LogP contribution in [-0.2, 0) is 10.0 Å². The van der Waals surface area contributed by atoms with Crippen molar-refractivity contribution >= 4 is 32.7 Å². The van der Waals surface area contributed by atoms with E-state index in [0.29, 0.717) is 28.0 Å². The maximum absolute atomic E-state index is 13.2. The molecule has 166 valence electrons. The molecule has 0 spiro atoms. The fourth-order valence-corrected chi connectivity index (χ4v) is 5.03. The minimum absolute atomic E-state index is 0.101. The maximum Gasteiger partial charge on any atom is 0.372 e. The molecule has 0 unspecified atom stereocenters. The number of fused-ring (bicyclic) bond motifs is 3. The Morgan fingerprint density at radius 3 is 2.33 bits per heavy atom. The highest BCUT2D eigenvalue weighted by molar-refractivity contribution is 7.90. The molecule has 0 aliphatic carbocycles. The summed E-state index contributed by atoms with van der Waals surface area (Å²) in [5, 5.41) is 9.81. The molecule has 10 heteroatoms. The standard InChI is InChI=1S/C23H18N4O5S/c1-14-3-9-17(10-4-14)33(30,31)26-12-11-18-21(26)24-13-19-20(25-22(23(28)29)27(18)19)15-5-7-16(32-2)8-6-15/h3-13H,1-2H3,(H,28,29). The van der Waals surface area contributed by atoms with Gasteiger partial charge in [-0.3, -0.25) is 4.40 Å². The molecule has 3 aromatic heterocycles. The Labute approximate surface area is 188 Å². The van der Waals surface area contributed by atoms with Gasteiger partial charge in [0.25, 0.3) is 10.0 Å². The fourth-order valence-electron chi connectivity index (χ4n) is 3.73. The molecule has 3 heterocycles. The van der Waals surface area contributed by atoms with Gasteiger partial charge in [0.1, 0.15) is 5.75 Å². The quantitative estimate of drug-likeness (QED) is 0.424. The van der Waals surface area contributed by atoms with Crippen molar-refractivity contribution in [3.05, 3.63) is 78.4 Å². The predicted molar refractivity (Wildman–Crippen MR) is 121 cm³/mol. The fraction of sp³-hybridized carbons (Fsp3) is 0.0870. The SMILES string of the molecule is COc1ccc(-c2nc(C(=O)O)n3c2cnc2c3ccn2S(=O)(=O)c2ccc(C)cc2)cc1. The maximum atomic E-state index is 13.2. The Kier molecular flexibility index (Phi) is 4.68. The van der Waals surface area contributed by atoms with Crippen LogP contribution in [0, 0.1) is 6.92 Å². The topological polar surface area (TPSA) is 116 Å². The van der Waals surface area contributed by atoms with E-state index in [1.165, 1.54) is 35.0 Å². The Morgan fingerprint density at radius 1 is 1.00 bits per heavy atom. The molecule has 0 fully saturated rings. The lowest BCUT2D eigenvalue weighted by atomic mass is 10.1. The smallest absolute Gasteiger partial charge is 0.372 e. The van der Waals surface area contributed by atoms with E-state index in [4.69, 9.17) is 4.74 Å². The highest BCUT2D eigenvalue weighted by Crippen LogP contribution is 2.30. The van der Waals surface area contributed by atoms with Gasteiger partial charge in [-0.1, -0.05) is 17.7 Å². The third kappa shape index (κ3) is 3.23. The van der Waals surface area contributed by atoms with Crippen LogP contribution in [-0.4, -0.2) is 44.9 Å². The van der Waals surface area contributed by atoms with Gasteiger partial charge in [-0.15, -0.1) is 0 Å². The molecular formula is C23H18N4O5S. The van der Waals surface area contributed by atoms with Crippen LogP contribution < -0.4 is 4.74 Å². The summed E-state index contributed by atoms with van der Waals surface area (Å²) in [6, 6.07) is 15.0. The number of methoxy groups -OCH3 is 1. The van der Waals surface area contributed by atoms with Crippen LogP contribution in [0.25, 0.3) is 27.9 Å². The van der Waals surface area contributed by atoms with Gasteiger partial charge >= 0.3 is 5.97 Å². The van der Waals surface area contributed by atoms with E-state index in [1.807, 2.05) is 6.92 Å². The second kappa shape index (κ2) is 7.45. The van der Waals surface area contributed by atoms with Crippen molar-refractivity contribution < 1.29 is 23.1 Å². The van der Waals surface area contributed by atoms with Crippen LogP contribution in [0.3, 0.4) is 0 Å². The van der Waals surface area contributed by atoms with Crippen molar-refractivity contribution in [1.29, 1.82) is 0 Å². The molecule has 5 rings (SSSR count). The highest BCUT2D eigenvalue weighted by atomic mass is 32.2. The van der Waals surface area contributed by atoms with Crippen molar-refractivity contribution in [3.63, 3.8) is 0 Å². The van der Waals surface area contributed by atoms with Gasteiger partial charge in [-0.25, -0.2) is 27.2 Å². The van der Waals surface area contributed by atoms with E-state index in [9.17, 15) is 18.3 Å². The zero-order valence-corrected chi connectivity index (χ0v) is 18.4. The lowest BCUT2D eigenvalue weighted by Gasteiger charge is -2.08. The molecule has 9 nitrogen and oxygen atoms in total. The van der Waals surface area contributed by atoms with Crippen molar-refractivity contribution in [3.8, 4) is 17.0 Å². The number of ether oxygens (including phenoxy) is 1. The van der Waals surface area contributed by atoms with E-state index in [1.54, 1.807) is 43.5 Å². The molecular weight excluding hydrogens is 444 g/mol. The van der Waals surface area contributed by atoms with Crippen molar-refractivity contribution in [1.82, 2.24) is 18.3 Å². The Hall–Kier alpha value is -4.18. The van der Waals surface area contributed by atoms with Gasteiger partial charge in [-0.2, -0.15) is 0 Å². The summed E-state index contributed by atoms with van der Waals surface area (Å²) in [6.45, 7) is 1.87. The summed E-state index contributed by atoms with van der Waals surface area (Å²) in [7, 11) is -2.38. The molecule has 0 saturated heterocycles. The molecule has 2 aromatic carbocycles. The van der Waals surface area contributed by atoms with E-state index < -0.39 is 16.0 Å². The molecule has 0 atom stereocenters. The number of imidazole rings is 1. The molecule has 0 saturated carbocycles. The summed E-state index contributed by atoms with van der Waals surface area (Å²) in [6.07, 6.45) is 2.80. The summed E-state index contributed by atoms with van der Waals surface area (Å²) in [4.78, 5) is 20.8. The Morgan fingerprint density at radius 2 is 1.70 bits per heavy atom. The summed E-state index contributed by atoms with van der Waals surface area (Å²) in [5.74, 6) is -0.834. The predicted octanol–water partition coefficient (Wildman–Crippen LogP) is 3.60. The monoisotopic (exact) mass is 462 g/mol. The number of aromatic carboxylic acids is 1. The van der Waals surface area contributed by atoms with Gasteiger partial charge in [0.05, 0.1) is 34.9 Å². The third-order valence-electron chi connectivity index (χ3n) is 5.40. The number of aromatic nitrogens is 4. The average Bonchev–Trinajstić information content (AvgIpc) is 3.41. The Bertz CT molecular complexity index is 1630.